The zero-order valence-electron chi connectivity index (χ0n) is 9.92. The molecule has 0 unspecified atom stereocenters. The van der Waals surface area contributed by atoms with Crippen LogP contribution in [0.4, 0.5) is 5.82 Å². The SMILES string of the molecule is O=Nc1c(-c2cc(Cl)ccc2O)nc2cc(Cl)ccn12. The van der Waals surface area contributed by atoms with Crippen molar-refractivity contribution in [2.45, 2.75) is 0 Å². The lowest BCUT2D eigenvalue weighted by molar-refractivity contribution is 0.477. The first-order valence-electron chi connectivity index (χ1n) is 5.60. The van der Waals surface area contributed by atoms with Gasteiger partial charge in [0, 0.05) is 27.9 Å². The molecule has 0 atom stereocenters. The van der Waals surface area contributed by atoms with Crippen molar-refractivity contribution in [2.75, 3.05) is 0 Å². The fourth-order valence-electron chi connectivity index (χ4n) is 1.97. The number of nitrogens with zero attached hydrogens (tertiary/aromatic N) is 3. The van der Waals surface area contributed by atoms with Crippen LogP contribution in [0.25, 0.3) is 16.9 Å². The Hall–Kier alpha value is -2.11. The van der Waals surface area contributed by atoms with E-state index in [-0.39, 0.29) is 17.3 Å². The van der Waals surface area contributed by atoms with Gasteiger partial charge in [0.25, 0.3) is 0 Å². The molecule has 0 fully saturated rings. The minimum Gasteiger partial charge on any atom is -0.507 e. The number of benzene rings is 1. The van der Waals surface area contributed by atoms with Gasteiger partial charge in [-0.25, -0.2) is 4.98 Å². The quantitative estimate of drug-likeness (QED) is 0.713. The maximum atomic E-state index is 11.1. The number of nitroso groups, excluding NO2 is 1. The monoisotopic (exact) mass is 307 g/mol. The highest BCUT2D eigenvalue weighted by Crippen LogP contribution is 2.37. The molecule has 1 N–H and O–H groups in total. The summed E-state index contributed by atoms with van der Waals surface area (Å²) in [6.45, 7) is 0. The molecule has 0 saturated carbocycles. The summed E-state index contributed by atoms with van der Waals surface area (Å²) in [5.41, 5.74) is 1.05. The van der Waals surface area contributed by atoms with Crippen LogP contribution in [-0.4, -0.2) is 14.5 Å². The van der Waals surface area contributed by atoms with Gasteiger partial charge in [0.2, 0.25) is 5.82 Å². The van der Waals surface area contributed by atoms with Crippen LogP contribution in [0.1, 0.15) is 0 Å². The number of hydrogen-bond acceptors (Lipinski definition) is 4. The molecule has 1 aromatic carbocycles. The summed E-state index contributed by atoms with van der Waals surface area (Å²) in [6, 6.07) is 7.72. The second kappa shape index (κ2) is 4.77. The van der Waals surface area contributed by atoms with E-state index in [0.29, 0.717) is 21.3 Å². The van der Waals surface area contributed by atoms with Gasteiger partial charge in [-0.15, -0.1) is 4.91 Å². The third kappa shape index (κ3) is 2.01. The topological polar surface area (TPSA) is 67.0 Å². The van der Waals surface area contributed by atoms with E-state index >= 15 is 0 Å². The molecule has 0 spiro atoms. The first-order valence-corrected chi connectivity index (χ1v) is 6.35. The van der Waals surface area contributed by atoms with Crippen LogP contribution < -0.4 is 0 Å². The molecular formula is C13H7Cl2N3O2. The Morgan fingerprint density at radius 1 is 1.15 bits per heavy atom. The Labute approximate surface area is 123 Å². The Bertz CT molecular complexity index is 830. The molecule has 2 heterocycles. The van der Waals surface area contributed by atoms with Crippen LogP contribution >= 0.6 is 23.2 Å². The van der Waals surface area contributed by atoms with Crippen LogP contribution in [0.3, 0.4) is 0 Å². The number of aromatic nitrogens is 2. The van der Waals surface area contributed by atoms with Crippen molar-refractivity contribution < 1.29 is 5.11 Å². The molecule has 3 rings (SSSR count). The molecule has 0 radical (unpaired) electrons. The number of hydrogen-bond donors (Lipinski definition) is 1. The Morgan fingerprint density at radius 3 is 2.65 bits per heavy atom. The molecule has 0 bridgehead atoms. The number of phenolic OH excluding ortho intramolecular Hbond substituents is 1. The molecule has 5 nitrogen and oxygen atoms in total. The first kappa shape index (κ1) is 12.9. The summed E-state index contributed by atoms with van der Waals surface area (Å²) in [5, 5.41) is 13.8. The average molecular weight is 308 g/mol. The minimum atomic E-state index is -0.0335. The lowest BCUT2D eigenvalue weighted by Gasteiger charge is -2.02. The Balaban J connectivity index is 2.35. The fourth-order valence-corrected chi connectivity index (χ4v) is 2.30. The van der Waals surface area contributed by atoms with Crippen molar-refractivity contribution in [1.82, 2.24) is 9.38 Å². The van der Waals surface area contributed by atoms with E-state index in [4.69, 9.17) is 23.2 Å². The van der Waals surface area contributed by atoms with E-state index in [1.807, 2.05) is 0 Å². The number of phenols is 1. The van der Waals surface area contributed by atoms with Crippen LogP contribution in [-0.2, 0) is 0 Å². The minimum absolute atomic E-state index is 0.0335. The second-order valence-electron chi connectivity index (χ2n) is 4.11. The highest BCUT2D eigenvalue weighted by atomic mass is 35.5. The number of fused-ring (bicyclic) bond motifs is 1. The second-order valence-corrected chi connectivity index (χ2v) is 4.98. The summed E-state index contributed by atoms with van der Waals surface area (Å²) in [4.78, 5) is 15.4. The Morgan fingerprint density at radius 2 is 1.90 bits per heavy atom. The van der Waals surface area contributed by atoms with Gasteiger partial charge in [0.15, 0.2) is 0 Å². The molecule has 0 amide bonds. The van der Waals surface area contributed by atoms with Gasteiger partial charge in [-0.05, 0) is 29.4 Å². The van der Waals surface area contributed by atoms with E-state index in [9.17, 15) is 10.0 Å². The smallest absolute Gasteiger partial charge is 0.209 e. The molecule has 7 heteroatoms. The Kier molecular flexibility index (Phi) is 3.08. The van der Waals surface area contributed by atoms with Crippen molar-refractivity contribution >= 4 is 34.7 Å². The highest BCUT2D eigenvalue weighted by Gasteiger charge is 2.18. The number of aromatic hydroxyl groups is 1. The molecule has 2 aromatic heterocycles. The number of pyridine rings is 1. The van der Waals surface area contributed by atoms with E-state index < -0.39 is 0 Å². The van der Waals surface area contributed by atoms with E-state index in [1.165, 1.54) is 16.5 Å². The van der Waals surface area contributed by atoms with E-state index in [0.717, 1.165) is 0 Å². The summed E-state index contributed by atoms with van der Waals surface area (Å²) < 4.78 is 1.49. The zero-order valence-corrected chi connectivity index (χ0v) is 11.4. The third-order valence-corrected chi connectivity index (χ3v) is 3.33. The number of rotatable bonds is 2. The van der Waals surface area contributed by atoms with Crippen molar-refractivity contribution in [1.29, 1.82) is 0 Å². The summed E-state index contributed by atoms with van der Waals surface area (Å²) >= 11 is 11.8. The zero-order chi connectivity index (χ0) is 14.3. The summed E-state index contributed by atoms with van der Waals surface area (Å²) in [7, 11) is 0. The van der Waals surface area contributed by atoms with Crippen molar-refractivity contribution in [3.05, 3.63) is 51.5 Å². The fraction of sp³-hybridized carbons (Fsp3) is 0. The number of halogens is 2. The van der Waals surface area contributed by atoms with Crippen molar-refractivity contribution in [2.24, 2.45) is 5.18 Å². The predicted octanol–water partition coefficient (Wildman–Crippen LogP) is 4.41. The lowest BCUT2D eigenvalue weighted by Crippen LogP contribution is -1.82. The third-order valence-electron chi connectivity index (χ3n) is 2.86. The van der Waals surface area contributed by atoms with Crippen molar-refractivity contribution in [3.8, 4) is 17.0 Å². The normalized spacial score (nSPS) is 10.9. The molecule has 0 saturated heterocycles. The molecule has 0 aliphatic rings. The van der Waals surface area contributed by atoms with Crippen LogP contribution in [0.5, 0.6) is 5.75 Å². The van der Waals surface area contributed by atoms with Crippen LogP contribution in [0, 0.1) is 4.91 Å². The molecular weight excluding hydrogens is 301 g/mol. The molecule has 0 aliphatic carbocycles. The van der Waals surface area contributed by atoms with Crippen LogP contribution in [0.15, 0.2) is 41.7 Å². The molecule has 100 valence electrons. The maximum Gasteiger partial charge on any atom is 0.209 e. The largest absolute Gasteiger partial charge is 0.507 e. The highest BCUT2D eigenvalue weighted by molar-refractivity contribution is 6.31. The van der Waals surface area contributed by atoms with E-state index in [1.54, 1.807) is 24.4 Å². The van der Waals surface area contributed by atoms with Gasteiger partial charge in [0.05, 0.1) is 0 Å². The number of imidazole rings is 1. The van der Waals surface area contributed by atoms with Gasteiger partial charge in [-0.1, -0.05) is 23.2 Å². The van der Waals surface area contributed by atoms with Gasteiger partial charge in [-0.3, -0.25) is 4.40 Å². The maximum absolute atomic E-state index is 11.1. The summed E-state index contributed by atoms with van der Waals surface area (Å²) in [6.07, 6.45) is 1.59. The predicted molar refractivity (Wildman–Crippen MR) is 77.8 cm³/mol. The molecule has 3 aromatic rings. The van der Waals surface area contributed by atoms with Gasteiger partial charge < -0.3 is 5.11 Å². The van der Waals surface area contributed by atoms with E-state index in [2.05, 4.69) is 10.2 Å². The standard InChI is InChI=1S/C13H7Cl2N3O2/c14-7-1-2-10(19)9(5-7)12-13(17-20)18-4-3-8(15)6-11(18)16-12/h1-6,19H. The lowest BCUT2D eigenvalue weighted by atomic mass is 10.1. The van der Waals surface area contributed by atoms with Gasteiger partial charge in [0.1, 0.15) is 17.1 Å². The average Bonchev–Trinajstić information content (AvgIpc) is 2.78. The summed E-state index contributed by atoms with van der Waals surface area (Å²) in [5.74, 6) is 0.0445. The molecule has 20 heavy (non-hydrogen) atoms. The van der Waals surface area contributed by atoms with Crippen molar-refractivity contribution in [3.63, 3.8) is 0 Å². The molecule has 0 aliphatic heterocycles. The first-order chi connectivity index (χ1) is 9.60. The van der Waals surface area contributed by atoms with Gasteiger partial charge in [-0.2, -0.15) is 0 Å². The van der Waals surface area contributed by atoms with Gasteiger partial charge >= 0.3 is 0 Å². The van der Waals surface area contributed by atoms with Crippen LogP contribution in [0.2, 0.25) is 10.0 Å².